The number of aliphatic hydroxyl groups is 1. The zero-order valence-electron chi connectivity index (χ0n) is 12.1. The summed E-state index contributed by atoms with van der Waals surface area (Å²) in [6.45, 7) is 3.91. The molecule has 0 aromatic rings. The lowest BCUT2D eigenvalue weighted by Crippen LogP contribution is -2.24. The largest absolute Gasteiger partial charge is 0.394 e. The van der Waals surface area contributed by atoms with Gasteiger partial charge in [0, 0.05) is 13.2 Å². The van der Waals surface area contributed by atoms with Gasteiger partial charge in [-0.1, -0.05) is 19.8 Å². The molecule has 1 N–H and O–H groups in total. The van der Waals surface area contributed by atoms with Crippen LogP contribution >= 0.6 is 0 Å². The minimum absolute atomic E-state index is 0.00843. The van der Waals surface area contributed by atoms with Crippen LogP contribution in [-0.2, 0) is 14.2 Å². The van der Waals surface area contributed by atoms with Crippen molar-refractivity contribution in [2.75, 3.05) is 19.8 Å². The molecule has 3 atom stereocenters. The summed E-state index contributed by atoms with van der Waals surface area (Å²) in [6.07, 6.45) is 8.85. The van der Waals surface area contributed by atoms with Gasteiger partial charge in [-0.05, 0) is 38.5 Å². The highest BCUT2D eigenvalue weighted by Gasteiger charge is 2.54. The Kier molecular flexibility index (Phi) is 6.07. The third-order valence-electron chi connectivity index (χ3n) is 4.21. The molecule has 2 heterocycles. The van der Waals surface area contributed by atoms with Crippen LogP contribution in [0.25, 0.3) is 0 Å². The maximum atomic E-state index is 9.23. The molecule has 19 heavy (non-hydrogen) atoms. The van der Waals surface area contributed by atoms with Crippen LogP contribution in [-0.4, -0.2) is 42.9 Å². The number of epoxide rings is 1. The molecule has 2 saturated heterocycles. The predicted octanol–water partition coefficient (Wildman–Crippen LogP) is 2.63. The second-order valence-electron chi connectivity index (χ2n) is 5.73. The molecule has 2 fully saturated rings. The first-order valence-corrected chi connectivity index (χ1v) is 7.82. The molecule has 0 amide bonds. The third-order valence-corrected chi connectivity index (χ3v) is 4.21. The van der Waals surface area contributed by atoms with Crippen molar-refractivity contribution in [3.05, 3.63) is 0 Å². The minimum atomic E-state index is -0.0540. The van der Waals surface area contributed by atoms with E-state index in [0.29, 0.717) is 0 Å². The SMILES string of the molecule is CCCC[C@@]1(CCCOC2CCCCO2)O[C@@H]1CO. The number of unbranched alkanes of at least 4 members (excludes halogenated alkanes) is 1. The van der Waals surface area contributed by atoms with E-state index in [-0.39, 0.29) is 24.6 Å². The van der Waals surface area contributed by atoms with Crippen molar-refractivity contribution in [1.29, 1.82) is 0 Å². The van der Waals surface area contributed by atoms with E-state index >= 15 is 0 Å². The molecule has 2 aliphatic rings. The monoisotopic (exact) mass is 272 g/mol. The van der Waals surface area contributed by atoms with Gasteiger partial charge < -0.3 is 19.3 Å². The van der Waals surface area contributed by atoms with Crippen molar-refractivity contribution in [3.63, 3.8) is 0 Å². The van der Waals surface area contributed by atoms with E-state index in [2.05, 4.69) is 6.92 Å². The predicted molar refractivity (Wildman–Crippen MR) is 73.0 cm³/mol. The van der Waals surface area contributed by atoms with Gasteiger partial charge in [0.2, 0.25) is 0 Å². The fraction of sp³-hybridized carbons (Fsp3) is 1.00. The van der Waals surface area contributed by atoms with Gasteiger partial charge in [0.15, 0.2) is 6.29 Å². The standard InChI is InChI=1S/C15H28O4/c1-2-3-8-15(13(12-16)19-15)9-6-11-18-14-7-4-5-10-17-14/h13-14,16H,2-12H2,1H3/t13-,14?,15+/m1/s1. The molecule has 0 saturated carbocycles. The lowest BCUT2D eigenvalue weighted by molar-refractivity contribution is -0.163. The van der Waals surface area contributed by atoms with E-state index in [1.807, 2.05) is 0 Å². The molecule has 2 aliphatic heterocycles. The minimum Gasteiger partial charge on any atom is -0.394 e. The highest BCUT2D eigenvalue weighted by Crippen LogP contribution is 2.44. The summed E-state index contributed by atoms with van der Waals surface area (Å²) in [5, 5.41) is 9.23. The van der Waals surface area contributed by atoms with Crippen LogP contribution in [0.1, 0.15) is 58.3 Å². The number of hydrogen-bond donors (Lipinski definition) is 1. The number of rotatable bonds is 9. The molecule has 4 heteroatoms. The van der Waals surface area contributed by atoms with Gasteiger partial charge in [0.1, 0.15) is 6.10 Å². The summed E-state index contributed by atoms with van der Waals surface area (Å²) < 4.78 is 17.0. The Morgan fingerprint density at radius 3 is 2.74 bits per heavy atom. The van der Waals surface area contributed by atoms with E-state index in [1.165, 1.54) is 19.3 Å². The Labute approximate surface area is 116 Å². The maximum absolute atomic E-state index is 9.23. The maximum Gasteiger partial charge on any atom is 0.157 e. The number of aliphatic hydroxyl groups excluding tert-OH is 1. The second-order valence-corrected chi connectivity index (χ2v) is 5.73. The van der Waals surface area contributed by atoms with E-state index in [9.17, 15) is 5.11 Å². The summed E-state index contributed by atoms with van der Waals surface area (Å²) in [7, 11) is 0. The van der Waals surface area contributed by atoms with Gasteiger partial charge in [-0.25, -0.2) is 0 Å². The Hall–Kier alpha value is -0.160. The topological polar surface area (TPSA) is 51.2 Å². The van der Waals surface area contributed by atoms with E-state index < -0.39 is 0 Å². The van der Waals surface area contributed by atoms with Crippen LogP contribution in [0.4, 0.5) is 0 Å². The van der Waals surface area contributed by atoms with Crippen molar-refractivity contribution in [1.82, 2.24) is 0 Å². The van der Waals surface area contributed by atoms with Crippen LogP contribution in [0.15, 0.2) is 0 Å². The normalized spacial score (nSPS) is 34.4. The smallest absolute Gasteiger partial charge is 0.157 e. The number of ether oxygens (including phenoxy) is 3. The molecule has 0 spiro atoms. The van der Waals surface area contributed by atoms with Crippen LogP contribution in [0.3, 0.4) is 0 Å². The first-order valence-electron chi connectivity index (χ1n) is 7.82. The van der Waals surface area contributed by atoms with Gasteiger partial charge >= 0.3 is 0 Å². The van der Waals surface area contributed by atoms with E-state index in [0.717, 1.165) is 45.3 Å². The van der Waals surface area contributed by atoms with Crippen LogP contribution in [0, 0.1) is 0 Å². The van der Waals surface area contributed by atoms with Crippen molar-refractivity contribution >= 4 is 0 Å². The molecular formula is C15H28O4. The molecule has 0 bridgehead atoms. The van der Waals surface area contributed by atoms with E-state index in [1.54, 1.807) is 0 Å². The highest BCUT2D eigenvalue weighted by molar-refractivity contribution is 5.01. The van der Waals surface area contributed by atoms with Crippen molar-refractivity contribution in [3.8, 4) is 0 Å². The van der Waals surface area contributed by atoms with Gasteiger partial charge in [-0.3, -0.25) is 0 Å². The van der Waals surface area contributed by atoms with Gasteiger partial charge in [-0.2, -0.15) is 0 Å². The zero-order valence-corrected chi connectivity index (χ0v) is 12.1. The summed E-state index contributed by atoms with van der Waals surface area (Å²) in [5.74, 6) is 0. The first-order chi connectivity index (χ1) is 9.30. The van der Waals surface area contributed by atoms with Crippen molar-refractivity contribution in [2.45, 2.75) is 76.3 Å². The molecule has 0 aromatic carbocycles. The molecule has 0 aromatic heterocycles. The van der Waals surface area contributed by atoms with E-state index in [4.69, 9.17) is 14.2 Å². The summed E-state index contributed by atoms with van der Waals surface area (Å²) in [6, 6.07) is 0. The quantitative estimate of drug-likeness (QED) is 0.518. The second kappa shape index (κ2) is 7.58. The average molecular weight is 272 g/mol. The molecular weight excluding hydrogens is 244 g/mol. The molecule has 1 unspecified atom stereocenters. The Morgan fingerprint density at radius 2 is 2.11 bits per heavy atom. The summed E-state index contributed by atoms with van der Waals surface area (Å²) in [5.41, 5.74) is -0.0540. The lowest BCUT2D eigenvalue weighted by Gasteiger charge is -2.23. The highest BCUT2D eigenvalue weighted by atomic mass is 16.7. The molecule has 2 rings (SSSR count). The molecule has 0 aliphatic carbocycles. The van der Waals surface area contributed by atoms with Gasteiger partial charge in [-0.15, -0.1) is 0 Å². The Balaban J connectivity index is 1.60. The molecule has 112 valence electrons. The molecule has 0 radical (unpaired) electrons. The van der Waals surface area contributed by atoms with Crippen LogP contribution < -0.4 is 0 Å². The van der Waals surface area contributed by atoms with Crippen LogP contribution in [0.2, 0.25) is 0 Å². The first kappa shape index (κ1) is 15.2. The number of hydrogen-bond acceptors (Lipinski definition) is 4. The van der Waals surface area contributed by atoms with Crippen molar-refractivity contribution < 1.29 is 19.3 Å². The average Bonchev–Trinajstić information content (AvgIpc) is 3.17. The van der Waals surface area contributed by atoms with Gasteiger partial charge in [0.05, 0.1) is 12.2 Å². The Bertz CT molecular complexity index is 253. The lowest BCUT2D eigenvalue weighted by atomic mass is 9.93. The molecule has 4 nitrogen and oxygen atoms in total. The fourth-order valence-electron chi connectivity index (χ4n) is 2.92. The summed E-state index contributed by atoms with van der Waals surface area (Å²) in [4.78, 5) is 0. The Morgan fingerprint density at radius 1 is 1.26 bits per heavy atom. The third kappa shape index (κ3) is 4.42. The summed E-state index contributed by atoms with van der Waals surface area (Å²) >= 11 is 0. The van der Waals surface area contributed by atoms with Gasteiger partial charge in [0.25, 0.3) is 0 Å². The fourth-order valence-corrected chi connectivity index (χ4v) is 2.92. The zero-order chi connectivity index (χ0) is 13.6. The van der Waals surface area contributed by atoms with Crippen LogP contribution in [0.5, 0.6) is 0 Å². The van der Waals surface area contributed by atoms with Crippen molar-refractivity contribution in [2.24, 2.45) is 0 Å².